The first kappa shape index (κ1) is 22.8. The van der Waals surface area contributed by atoms with Crippen molar-refractivity contribution in [3.8, 4) is 0 Å². The van der Waals surface area contributed by atoms with Gasteiger partial charge in [-0.3, -0.25) is 14.5 Å². The second-order valence-electron chi connectivity index (χ2n) is 7.60. The number of nitrogens with two attached hydrogens (primary N) is 1. The van der Waals surface area contributed by atoms with E-state index in [1.54, 1.807) is 27.0 Å². The number of thioether (sulfide) groups is 1. The molecule has 0 aliphatic carbocycles. The summed E-state index contributed by atoms with van der Waals surface area (Å²) in [7, 11) is 1.28. The number of rotatable bonds is 7. The standard InChI is InChI=1S/C20H18N8O5S2/c1-33-24-13(12-9-35-20(21)22-12)16(29)23-14-17(30)28-15(19(31)32)10(8-34-18(14)28)6-26-7-11-4-2-3-5-27(11)25-26/h2-5,7,9,14,18H,6,8H2,1H3,(H3-,21,22,23,29,31,32)/p+1/b24-13-/t14-,18+/m1/s1. The average molecular weight is 516 g/mol. The molecule has 2 aliphatic rings. The smallest absolute Gasteiger partial charge is 0.352 e. The highest BCUT2D eigenvalue weighted by Gasteiger charge is 2.54. The second kappa shape index (κ2) is 8.99. The molecule has 2 amide bonds. The van der Waals surface area contributed by atoms with Gasteiger partial charge in [-0.1, -0.05) is 11.2 Å². The van der Waals surface area contributed by atoms with Crippen LogP contribution in [0.2, 0.25) is 0 Å². The second-order valence-corrected chi connectivity index (χ2v) is 9.59. The zero-order valence-corrected chi connectivity index (χ0v) is 19.8. The highest BCUT2D eigenvalue weighted by atomic mass is 32.2. The van der Waals surface area contributed by atoms with Gasteiger partial charge in [0.1, 0.15) is 42.7 Å². The van der Waals surface area contributed by atoms with Gasteiger partial charge in [-0.15, -0.1) is 32.3 Å². The monoisotopic (exact) mass is 515 g/mol. The van der Waals surface area contributed by atoms with Crippen LogP contribution in [0.5, 0.6) is 0 Å². The zero-order chi connectivity index (χ0) is 24.7. The summed E-state index contributed by atoms with van der Waals surface area (Å²) in [5.41, 5.74) is 7.03. The first-order valence-corrected chi connectivity index (χ1v) is 12.2. The first-order chi connectivity index (χ1) is 16.9. The Morgan fingerprint density at radius 1 is 1.43 bits per heavy atom. The number of nitrogens with one attached hydrogen (secondary N) is 1. The van der Waals surface area contributed by atoms with E-state index in [1.807, 2.05) is 18.2 Å². The van der Waals surface area contributed by atoms with E-state index in [0.717, 1.165) is 16.9 Å². The Morgan fingerprint density at radius 3 is 2.94 bits per heavy atom. The first-order valence-electron chi connectivity index (χ1n) is 10.2. The van der Waals surface area contributed by atoms with Crippen molar-refractivity contribution in [2.24, 2.45) is 5.16 Å². The Balaban J connectivity index is 1.36. The lowest BCUT2D eigenvalue weighted by Crippen LogP contribution is -2.71. The summed E-state index contributed by atoms with van der Waals surface area (Å²) < 4.78 is 3.31. The molecule has 5 heterocycles. The third kappa shape index (κ3) is 4.08. The molecule has 0 spiro atoms. The maximum atomic E-state index is 13.0. The number of anilines is 1. The van der Waals surface area contributed by atoms with Gasteiger partial charge in [-0.05, 0) is 12.1 Å². The van der Waals surface area contributed by atoms with Crippen LogP contribution in [-0.2, 0) is 25.8 Å². The molecule has 35 heavy (non-hydrogen) atoms. The lowest BCUT2D eigenvalue weighted by Gasteiger charge is -2.49. The molecule has 2 atom stereocenters. The fraction of sp³-hybridized carbons (Fsp3) is 0.250. The maximum Gasteiger partial charge on any atom is 0.352 e. The van der Waals surface area contributed by atoms with Crippen LogP contribution in [-0.4, -0.2) is 72.5 Å². The number of carboxylic acids is 1. The third-order valence-corrected chi connectivity index (χ3v) is 7.43. The minimum atomic E-state index is -1.22. The maximum absolute atomic E-state index is 13.0. The number of pyridine rings is 1. The molecule has 180 valence electrons. The van der Waals surface area contributed by atoms with Crippen LogP contribution in [0, 0.1) is 0 Å². The fourth-order valence-corrected chi connectivity index (χ4v) is 5.80. The van der Waals surface area contributed by atoms with Crippen molar-refractivity contribution >= 4 is 57.2 Å². The van der Waals surface area contributed by atoms with Gasteiger partial charge < -0.3 is 21.0 Å². The summed E-state index contributed by atoms with van der Waals surface area (Å²) in [5, 5.41) is 21.9. The zero-order valence-electron chi connectivity index (χ0n) is 18.2. The topological polar surface area (TPSA) is 168 Å². The molecular weight excluding hydrogens is 496 g/mol. The van der Waals surface area contributed by atoms with Gasteiger partial charge in [-0.2, -0.15) is 0 Å². The number of amides is 2. The van der Waals surface area contributed by atoms with Gasteiger partial charge in [0, 0.05) is 16.7 Å². The number of β-lactam (4-membered cyclic amide) rings is 1. The Labute approximate surface area is 205 Å². The minimum Gasteiger partial charge on any atom is -0.477 e. The number of hydrogen-bond acceptors (Lipinski definition) is 10. The molecule has 3 aromatic rings. The number of fused-ring (bicyclic) bond motifs is 2. The van der Waals surface area contributed by atoms with Gasteiger partial charge >= 0.3 is 5.97 Å². The van der Waals surface area contributed by atoms with Crippen molar-refractivity contribution in [1.82, 2.24) is 24.9 Å². The predicted octanol–water partition coefficient (Wildman–Crippen LogP) is -0.550. The lowest BCUT2D eigenvalue weighted by molar-refractivity contribution is -0.746. The Bertz CT molecular complexity index is 1380. The molecular formula is C20H19N8O5S2+. The molecule has 0 saturated carbocycles. The molecule has 3 aromatic heterocycles. The van der Waals surface area contributed by atoms with E-state index >= 15 is 0 Å². The molecule has 2 aliphatic heterocycles. The number of thiazole rings is 1. The molecule has 4 N–H and O–H groups in total. The summed E-state index contributed by atoms with van der Waals surface area (Å²) in [5.74, 6) is -2.07. The number of carboxylic acid groups (broad SMARTS) is 1. The van der Waals surface area contributed by atoms with Crippen molar-refractivity contribution in [3.05, 3.63) is 52.9 Å². The Kier molecular flexibility index (Phi) is 5.86. The van der Waals surface area contributed by atoms with Gasteiger partial charge in [0.15, 0.2) is 22.6 Å². The van der Waals surface area contributed by atoms with Crippen LogP contribution in [0.3, 0.4) is 0 Å². The number of carbonyl (C=O) groups is 3. The Hall–Kier alpha value is -3.98. The summed E-state index contributed by atoms with van der Waals surface area (Å²) in [6.45, 7) is 0.208. The minimum absolute atomic E-state index is 0.0909. The van der Waals surface area contributed by atoms with Crippen molar-refractivity contribution in [2.45, 2.75) is 18.0 Å². The SMILES string of the molecule is CO/N=C(\C(=O)N[C@@H]1C(=O)N2C(C(=O)O)=C(C[n+]3cc4ccccn4n3)CS[C@@H]12)c1csc(N)n1. The molecule has 0 unspecified atom stereocenters. The van der Waals surface area contributed by atoms with Gasteiger partial charge in [0.25, 0.3) is 11.8 Å². The van der Waals surface area contributed by atoms with Gasteiger partial charge in [-0.25, -0.2) is 9.78 Å². The number of aromatic nitrogens is 4. The summed E-state index contributed by atoms with van der Waals surface area (Å²) in [6, 6.07) is 4.68. The summed E-state index contributed by atoms with van der Waals surface area (Å²) in [6.07, 6.45) is 3.59. The molecule has 13 nitrogen and oxygen atoms in total. The Morgan fingerprint density at radius 2 is 2.26 bits per heavy atom. The van der Waals surface area contributed by atoms with Crippen LogP contribution in [0.25, 0.3) is 5.52 Å². The van der Waals surface area contributed by atoms with Crippen LogP contribution < -0.4 is 15.7 Å². The summed E-state index contributed by atoms with van der Waals surface area (Å²) in [4.78, 5) is 48.0. The van der Waals surface area contributed by atoms with E-state index in [-0.39, 0.29) is 28.8 Å². The number of nitrogens with zero attached hydrogens (tertiary/aromatic N) is 6. The van der Waals surface area contributed by atoms with Crippen LogP contribution in [0.4, 0.5) is 5.13 Å². The fourth-order valence-electron chi connectivity index (χ4n) is 3.91. The van der Waals surface area contributed by atoms with Gasteiger partial charge in [0.05, 0.1) is 5.21 Å². The van der Waals surface area contributed by atoms with E-state index in [0.29, 0.717) is 11.3 Å². The van der Waals surface area contributed by atoms with Crippen molar-refractivity contribution in [3.63, 3.8) is 0 Å². The van der Waals surface area contributed by atoms with E-state index in [9.17, 15) is 19.5 Å². The molecule has 0 aromatic carbocycles. The quantitative estimate of drug-likeness (QED) is 0.162. The van der Waals surface area contributed by atoms with Gasteiger partial charge in [0.2, 0.25) is 0 Å². The van der Waals surface area contributed by atoms with Crippen molar-refractivity contribution in [1.29, 1.82) is 0 Å². The van der Waals surface area contributed by atoms with E-state index < -0.39 is 29.2 Å². The number of carbonyl (C=O) groups excluding carboxylic acids is 2. The largest absolute Gasteiger partial charge is 0.477 e. The molecule has 0 bridgehead atoms. The normalized spacial score (nSPS) is 20.0. The summed E-state index contributed by atoms with van der Waals surface area (Å²) >= 11 is 2.49. The molecule has 1 fully saturated rings. The van der Waals surface area contributed by atoms with Crippen molar-refractivity contribution < 1.29 is 29.0 Å². The van der Waals surface area contributed by atoms with E-state index in [2.05, 4.69) is 20.7 Å². The highest BCUT2D eigenvalue weighted by molar-refractivity contribution is 8.00. The lowest BCUT2D eigenvalue weighted by atomic mass is 10.0. The molecule has 0 radical (unpaired) electrons. The van der Waals surface area contributed by atoms with Crippen LogP contribution >= 0.6 is 23.1 Å². The highest BCUT2D eigenvalue weighted by Crippen LogP contribution is 2.40. The number of nitrogen functional groups attached to an aromatic ring is 1. The van der Waals surface area contributed by atoms with E-state index in [4.69, 9.17) is 10.6 Å². The molecule has 5 rings (SSSR count). The third-order valence-electron chi connectivity index (χ3n) is 5.41. The molecule has 1 saturated heterocycles. The van der Waals surface area contributed by atoms with Crippen LogP contribution in [0.1, 0.15) is 5.69 Å². The average Bonchev–Trinajstić information content (AvgIpc) is 3.45. The molecule has 15 heteroatoms. The number of aliphatic carboxylic acids is 1. The van der Waals surface area contributed by atoms with Crippen molar-refractivity contribution in [2.75, 3.05) is 18.6 Å². The van der Waals surface area contributed by atoms with E-state index in [1.165, 1.54) is 23.8 Å². The number of oxime groups is 1. The number of hydrogen-bond donors (Lipinski definition) is 3. The predicted molar refractivity (Wildman–Crippen MR) is 125 cm³/mol. The van der Waals surface area contributed by atoms with Crippen LogP contribution in [0.15, 0.2) is 52.4 Å².